The fourth-order valence-electron chi connectivity index (χ4n) is 2.22. The molecular weight excluding hydrogens is 342 g/mol. The van der Waals surface area contributed by atoms with Crippen LogP contribution in [0.5, 0.6) is 0 Å². The number of hydrogen-bond donors (Lipinski definition) is 1. The number of carbonyl (C=O) groups is 1. The summed E-state index contributed by atoms with van der Waals surface area (Å²) in [6.45, 7) is 5.27. The maximum absolute atomic E-state index is 11.8. The molecule has 1 heterocycles. The van der Waals surface area contributed by atoms with Gasteiger partial charge in [0.15, 0.2) is 0 Å². The average Bonchev–Trinajstić information content (AvgIpc) is 3.03. The highest BCUT2D eigenvalue weighted by Gasteiger charge is 2.11. The zero-order valence-corrected chi connectivity index (χ0v) is 15.4. The van der Waals surface area contributed by atoms with Crippen molar-refractivity contribution in [3.8, 4) is 11.4 Å². The van der Waals surface area contributed by atoms with E-state index >= 15 is 0 Å². The number of benzene rings is 1. The summed E-state index contributed by atoms with van der Waals surface area (Å²) in [5.41, 5.74) is 0.737. The summed E-state index contributed by atoms with van der Waals surface area (Å²) in [6.07, 6.45) is 2.67. The van der Waals surface area contributed by atoms with E-state index in [-0.39, 0.29) is 12.0 Å². The van der Waals surface area contributed by atoms with Gasteiger partial charge in [-0.3, -0.25) is 4.79 Å². The van der Waals surface area contributed by atoms with E-state index in [9.17, 15) is 4.79 Å². The Morgan fingerprint density at radius 1 is 1.32 bits per heavy atom. The first-order valence-electron chi connectivity index (χ1n) is 8.52. The highest BCUT2D eigenvalue weighted by atomic mass is 35.5. The predicted molar refractivity (Wildman–Crippen MR) is 96.4 cm³/mol. The van der Waals surface area contributed by atoms with Crippen molar-refractivity contribution in [3.05, 3.63) is 35.2 Å². The van der Waals surface area contributed by atoms with E-state index in [4.69, 9.17) is 20.9 Å². The molecule has 7 heteroatoms. The summed E-state index contributed by atoms with van der Waals surface area (Å²) < 4.78 is 10.6. The van der Waals surface area contributed by atoms with E-state index in [1.807, 2.05) is 32.0 Å². The molecule has 0 aliphatic rings. The molecule has 0 saturated carbocycles. The molecule has 0 unspecified atom stereocenters. The van der Waals surface area contributed by atoms with Crippen molar-refractivity contribution in [3.63, 3.8) is 0 Å². The lowest BCUT2D eigenvalue weighted by atomic mass is 10.2. The first-order valence-corrected chi connectivity index (χ1v) is 8.90. The third-order valence-corrected chi connectivity index (χ3v) is 3.80. The molecule has 0 saturated heterocycles. The summed E-state index contributed by atoms with van der Waals surface area (Å²) in [7, 11) is 0. The third-order valence-electron chi connectivity index (χ3n) is 3.47. The van der Waals surface area contributed by atoms with Crippen LogP contribution in [-0.4, -0.2) is 35.3 Å². The summed E-state index contributed by atoms with van der Waals surface area (Å²) in [5.74, 6) is 0.999. The molecule has 2 aromatic rings. The second-order valence-corrected chi connectivity index (χ2v) is 6.38. The number of carbonyl (C=O) groups excluding carboxylic acids is 1. The van der Waals surface area contributed by atoms with Gasteiger partial charge in [0.2, 0.25) is 17.6 Å². The lowest BCUT2D eigenvalue weighted by molar-refractivity contribution is -0.121. The quantitative estimate of drug-likeness (QED) is 0.650. The zero-order chi connectivity index (χ0) is 18.1. The van der Waals surface area contributed by atoms with Gasteiger partial charge in [0.25, 0.3) is 0 Å². The number of aryl methyl sites for hydroxylation is 1. The number of rotatable bonds is 10. The second-order valence-electron chi connectivity index (χ2n) is 5.97. The molecule has 25 heavy (non-hydrogen) atoms. The standard InChI is InChI=1S/C18H24ClN3O3/c1-13(2)24-12-6-11-20-16(23)9-5-10-17-21-18(22-25-17)14-7-3-4-8-15(14)19/h3-4,7-8,13H,5-6,9-12H2,1-2H3,(H,20,23). The Morgan fingerprint density at radius 3 is 2.88 bits per heavy atom. The van der Waals surface area contributed by atoms with Crippen LogP contribution in [0.15, 0.2) is 28.8 Å². The number of hydrogen-bond acceptors (Lipinski definition) is 5. The van der Waals surface area contributed by atoms with Crippen LogP contribution in [0.3, 0.4) is 0 Å². The summed E-state index contributed by atoms with van der Waals surface area (Å²) in [6, 6.07) is 7.34. The molecule has 0 spiro atoms. The molecule has 0 bridgehead atoms. The lowest BCUT2D eigenvalue weighted by Gasteiger charge is -2.08. The first-order chi connectivity index (χ1) is 12.1. The monoisotopic (exact) mass is 365 g/mol. The number of ether oxygens (including phenoxy) is 1. The van der Waals surface area contributed by atoms with Gasteiger partial charge in [0, 0.05) is 31.6 Å². The van der Waals surface area contributed by atoms with Crippen LogP contribution in [0.2, 0.25) is 5.02 Å². The Kier molecular flexibility index (Phi) is 7.88. The largest absolute Gasteiger partial charge is 0.379 e. The van der Waals surface area contributed by atoms with Gasteiger partial charge in [-0.15, -0.1) is 0 Å². The van der Waals surface area contributed by atoms with Crippen molar-refractivity contribution in [2.75, 3.05) is 13.2 Å². The molecule has 1 aromatic carbocycles. The van der Waals surface area contributed by atoms with Gasteiger partial charge >= 0.3 is 0 Å². The van der Waals surface area contributed by atoms with E-state index < -0.39 is 0 Å². The molecule has 6 nitrogen and oxygen atoms in total. The second kappa shape index (κ2) is 10.2. The highest BCUT2D eigenvalue weighted by Crippen LogP contribution is 2.25. The van der Waals surface area contributed by atoms with Crippen molar-refractivity contribution in [1.82, 2.24) is 15.5 Å². The van der Waals surface area contributed by atoms with Crippen molar-refractivity contribution < 1.29 is 14.1 Å². The van der Waals surface area contributed by atoms with Crippen LogP contribution in [0.4, 0.5) is 0 Å². The van der Waals surface area contributed by atoms with Gasteiger partial charge in [-0.2, -0.15) is 4.98 Å². The molecule has 1 amide bonds. The smallest absolute Gasteiger partial charge is 0.226 e. The fraction of sp³-hybridized carbons (Fsp3) is 0.500. The maximum Gasteiger partial charge on any atom is 0.226 e. The Balaban J connectivity index is 1.67. The SMILES string of the molecule is CC(C)OCCCNC(=O)CCCc1nc(-c2ccccc2Cl)no1. The van der Waals surface area contributed by atoms with Gasteiger partial charge in [-0.05, 0) is 38.8 Å². The minimum atomic E-state index is 0.0235. The average molecular weight is 366 g/mol. The predicted octanol–water partition coefficient (Wildman–Crippen LogP) is 3.64. The molecule has 0 fully saturated rings. The number of nitrogens with one attached hydrogen (secondary N) is 1. The number of aromatic nitrogens is 2. The Labute approximate surface area is 152 Å². The van der Waals surface area contributed by atoms with Crippen LogP contribution in [-0.2, 0) is 16.0 Å². The first kappa shape index (κ1) is 19.4. The van der Waals surface area contributed by atoms with Crippen molar-refractivity contribution in [2.45, 2.75) is 45.6 Å². The normalized spacial score (nSPS) is 11.0. The van der Waals surface area contributed by atoms with Gasteiger partial charge in [-0.25, -0.2) is 0 Å². The van der Waals surface area contributed by atoms with Crippen LogP contribution >= 0.6 is 11.6 Å². The summed E-state index contributed by atoms with van der Waals surface area (Å²) in [4.78, 5) is 16.1. The molecule has 1 aromatic heterocycles. The zero-order valence-electron chi connectivity index (χ0n) is 14.6. The van der Waals surface area contributed by atoms with Gasteiger partial charge < -0.3 is 14.6 Å². The van der Waals surface area contributed by atoms with Crippen molar-refractivity contribution >= 4 is 17.5 Å². The summed E-state index contributed by atoms with van der Waals surface area (Å²) in [5, 5.41) is 7.40. The van der Waals surface area contributed by atoms with E-state index in [0.29, 0.717) is 49.2 Å². The van der Waals surface area contributed by atoms with E-state index in [1.165, 1.54) is 0 Å². The minimum absolute atomic E-state index is 0.0235. The minimum Gasteiger partial charge on any atom is -0.379 e. The number of amides is 1. The van der Waals surface area contributed by atoms with E-state index in [2.05, 4.69) is 15.5 Å². The fourth-order valence-corrected chi connectivity index (χ4v) is 2.44. The highest BCUT2D eigenvalue weighted by molar-refractivity contribution is 6.33. The molecule has 0 aliphatic heterocycles. The lowest BCUT2D eigenvalue weighted by Crippen LogP contribution is -2.25. The van der Waals surface area contributed by atoms with E-state index in [0.717, 1.165) is 12.0 Å². The topological polar surface area (TPSA) is 77.2 Å². The molecule has 2 rings (SSSR count). The Bertz CT molecular complexity index is 673. The van der Waals surface area contributed by atoms with Gasteiger partial charge in [0.05, 0.1) is 11.1 Å². The van der Waals surface area contributed by atoms with Crippen molar-refractivity contribution in [1.29, 1.82) is 0 Å². The van der Waals surface area contributed by atoms with Crippen molar-refractivity contribution in [2.24, 2.45) is 0 Å². The molecule has 0 atom stereocenters. The maximum atomic E-state index is 11.8. The third kappa shape index (κ3) is 6.84. The molecular formula is C18H24ClN3O3. The molecule has 136 valence electrons. The van der Waals surface area contributed by atoms with E-state index in [1.54, 1.807) is 6.07 Å². The molecule has 0 aliphatic carbocycles. The van der Waals surface area contributed by atoms with Gasteiger partial charge in [0.1, 0.15) is 0 Å². The van der Waals surface area contributed by atoms with Crippen LogP contribution < -0.4 is 5.32 Å². The molecule has 0 radical (unpaired) electrons. The van der Waals surface area contributed by atoms with Gasteiger partial charge in [-0.1, -0.05) is 28.9 Å². The summed E-state index contributed by atoms with van der Waals surface area (Å²) >= 11 is 6.12. The number of halogens is 1. The number of nitrogens with zero attached hydrogens (tertiary/aromatic N) is 2. The Hall–Kier alpha value is -1.92. The van der Waals surface area contributed by atoms with Crippen LogP contribution in [0.25, 0.3) is 11.4 Å². The molecule has 1 N–H and O–H groups in total. The Morgan fingerprint density at radius 2 is 2.12 bits per heavy atom. The van der Waals surface area contributed by atoms with Crippen LogP contribution in [0.1, 0.15) is 39.0 Å². The van der Waals surface area contributed by atoms with Crippen LogP contribution in [0, 0.1) is 0 Å².